The fraction of sp³-hybridized carbons (Fsp3) is 0.588. The Hall–Kier alpha value is -1.73. The average molecular weight is 346 g/mol. The number of carbonyl (C=O) groups excluding carboxylic acids is 1. The van der Waals surface area contributed by atoms with E-state index in [1.165, 1.54) is 18.4 Å². The molecule has 0 spiro atoms. The molecule has 0 radical (unpaired) electrons. The minimum Gasteiger partial charge on any atom is -0.366 e. The van der Waals surface area contributed by atoms with Gasteiger partial charge in [-0.2, -0.15) is 5.10 Å². The maximum Gasteiger partial charge on any atom is 0.264 e. The molecule has 1 amide bonds. The highest BCUT2D eigenvalue weighted by atomic mass is 32.1. The number of H-pyrrole nitrogens is 1. The van der Waals surface area contributed by atoms with Crippen LogP contribution >= 0.6 is 11.3 Å². The summed E-state index contributed by atoms with van der Waals surface area (Å²) in [5.41, 5.74) is 1.23. The fourth-order valence-corrected chi connectivity index (χ4v) is 4.10. The molecule has 1 saturated carbocycles. The van der Waals surface area contributed by atoms with Crippen molar-refractivity contribution < 1.29 is 9.53 Å². The molecule has 6 nitrogen and oxygen atoms in total. The van der Waals surface area contributed by atoms with Crippen molar-refractivity contribution in [3.63, 3.8) is 0 Å². The molecule has 3 heterocycles. The number of rotatable bonds is 5. The maximum absolute atomic E-state index is 12.9. The Labute approximate surface area is 145 Å². The topological polar surface area (TPSA) is 71.1 Å². The third-order valence-electron chi connectivity index (χ3n) is 4.58. The number of thiophene rings is 1. The van der Waals surface area contributed by atoms with Gasteiger partial charge in [0.2, 0.25) is 0 Å². The summed E-state index contributed by atoms with van der Waals surface area (Å²) in [6, 6.07) is 2.11. The normalized spacial score (nSPS) is 21.2. The highest BCUT2D eigenvalue weighted by Gasteiger charge is 2.33. The number of carbonyl (C=O) groups is 1. The summed E-state index contributed by atoms with van der Waals surface area (Å²) in [6.45, 7) is 3.78. The van der Waals surface area contributed by atoms with Crippen molar-refractivity contribution in [3.8, 4) is 0 Å². The van der Waals surface area contributed by atoms with Crippen LogP contribution in [0.2, 0.25) is 0 Å². The summed E-state index contributed by atoms with van der Waals surface area (Å²) >= 11 is 1.56. The second-order valence-corrected chi connectivity index (χ2v) is 7.40. The monoisotopic (exact) mass is 346 g/mol. The first-order valence-electron chi connectivity index (χ1n) is 8.65. The first-order chi connectivity index (χ1) is 11.8. The van der Waals surface area contributed by atoms with Gasteiger partial charge in [0.15, 0.2) is 5.82 Å². The zero-order valence-corrected chi connectivity index (χ0v) is 14.6. The lowest BCUT2D eigenvalue weighted by Crippen LogP contribution is -2.42. The van der Waals surface area contributed by atoms with E-state index >= 15 is 0 Å². The molecule has 2 fully saturated rings. The highest BCUT2D eigenvalue weighted by molar-refractivity contribution is 7.12. The van der Waals surface area contributed by atoms with Crippen molar-refractivity contribution in [1.29, 1.82) is 0 Å². The van der Waals surface area contributed by atoms with E-state index < -0.39 is 0 Å². The summed E-state index contributed by atoms with van der Waals surface area (Å²) in [6.07, 6.45) is 4.07. The van der Waals surface area contributed by atoms with Crippen molar-refractivity contribution in [2.24, 2.45) is 0 Å². The first kappa shape index (κ1) is 15.8. The summed E-state index contributed by atoms with van der Waals surface area (Å²) in [4.78, 5) is 20.2. The van der Waals surface area contributed by atoms with Gasteiger partial charge in [0.05, 0.1) is 18.0 Å². The number of hydrogen-bond donors (Lipinski definition) is 1. The number of amides is 1. The Kier molecular flexibility index (Phi) is 4.37. The highest BCUT2D eigenvalue weighted by Crippen LogP contribution is 2.43. The molecule has 7 heteroatoms. The van der Waals surface area contributed by atoms with Crippen molar-refractivity contribution in [2.45, 2.75) is 44.6 Å². The molecule has 1 aliphatic carbocycles. The molecule has 128 valence electrons. The first-order valence-corrected chi connectivity index (χ1v) is 9.53. The summed E-state index contributed by atoms with van der Waals surface area (Å²) < 4.78 is 5.81. The molecule has 2 aromatic rings. The van der Waals surface area contributed by atoms with Gasteiger partial charge in [0, 0.05) is 13.0 Å². The van der Waals surface area contributed by atoms with E-state index in [0.717, 1.165) is 23.5 Å². The summed E-state index contributed by atoms with van der Waals surface area (Å²) in [5.74, 6) is 2.26. The Morgan fingerprint density at radius 2 is 2.38 bits per heavy atom. The zero-order chi connectivity index (χ0) is 16.5. The third-order valence-corrected chi connectivity index (χ3v) is 5.50. The van der Waals surface area contributed by atoms with Crippen LogP contribution in [0, 0.1) is 0 Å². The number of ether oxygens (including phenoxy) is 1. The van der Waals surface area contributed by atoms with E-state index in [0.29, 0.717) is 31.4 Å². The Morgan fingerprint density at radius 1 is 1.50 bits per heavy atom. The number of nitrogens with one attached hydrogen (secondary N) is 1. The van der Waals surface area contributed by atoms with Gasteiger partial charge in [-0.05, 0) is 42.2 Å². The molecule has 4 rings (SSSR count). The fourth-order valence-electron chi connectivity index (χ4n) is 3.15. The Bertz CT molecular complexity index is 722. The molecular formula is C17H22N4O2S. The second-order valence-electron chi connectivity index (χ2n) is 6.48. The van der Waals surface area contributed by atoms with E-state index in [2.05, 4.69) is 28.2 Å². The van der Waals surface area contributed by atoms with E-state index in [1.54, 1.807) is 11.3 Å². The molecule has 0 unspecified atom stereocenters. The van der Waals surface area contributed by atoms with Gasteiger partial charge >= 0.3 is 0 Å². The van der Waals surface area contributed by atoms with Gasteiger partial charge < -0.3 is 9.64 Å². The lowest BCUT2D eigenvalue weighted by Gasteiger charge is -2.31. The molecule has 0 bridgehead atoms. The maximum atomic E-state index is 12.9. The average Bonchev–Trinajstić information content (AvgIpc) is 3.15. The van der Waals surface area contributed by atoms with Crippen LogP contribution in [0.15, 0.2) is 11.4 Å². The molecule has 1 saturated heterocycles. The Morgan fingerprint density at radius 3 is 3.17 bits per heavy atom. The number of nitrogens with zero attached hydrogens (tertiary/aromatic N) is 3. The van der Waals surface area contributed by atoms with Crippen molar-refractivity contribution in [2.75, 3.05) is 19.7 Å². The van der Waals surface area contributed by atoms with Gasteiger partial charge in [0.25, 0.3) is 5.91 Å². The predicted octanol–water partition coefficient (Wildman–Crippen LogP) is 2.91. The summed E-state index contributed by atoms with van der Waals surface area (Å²) in [5, 5.41) is 9.27. The van der Waals surface area contributed by atoms with E-state index in [4.69, 9.17) is 4.74 Å². The van der Waals surface area contributed by atoms with Crippen LogP contribution in [-0.2, 0) is 11.2 Å². The van der Waals surface area contributed by atoms with Crippen molar-refractivity contribution >= 4 is 17.2 Å². The molecule has 1 aliphatic heterocycles. The van der Waals surface area contributed by atoms with Crippen molar-refractivity contribution in [1.82, 2.24) is 20.1 Å². The molecule has 24 heavy (non-hydrogen) atoms. The van der Waals surface area contributed by atoms with Crippen LogP contribution in [-0.4, -0.2) is 45.7 Å². The largest absolute Gasteiger partial charge is 0.366 e. The Balaban J connectivity index is 1.47. The SMILES string of the molecule is CCCc1nc([C@H]2CN(C(=O)c3sccc3C3CC3)CCO2)n[nH]1. The van der Waals surface area contributed by atoms with Crippen molar-refractivity contribution in [3.05, 3.63) is 33.5 Å². The van der Waals surface area contributed by atoms with Gasteiger partial charge in [-0.15, -0.1) is 11.3 Å². The van der Waals surface area contributed by atoms with Crippen LogP contribution in [0.3, 0.4) is 0 Å². The molecule has 1 N–H and O–H groups in total. The quantitative estimate of drug-likeness (QED) is 0.904. The minimum atomic E-state index is -0.242. The molecular weight excluding hydrogens is 324 g/mol. The lowest BCUT2D eigenvalue weighted by atomic mass is 10.1. The minimum absolute atomic E-state index is 0.129. The van der Waals surface area contributed by atoms with Crippen LogP contribution in [0.25, 0.3) is 0 Å². The third kappa shape index (κ3) is 3.10. The number of aromatic nitrogens is 3. The van der Waals surface area contributed by atoms with Gasteiger partial charge in [-0.25, -0.2) is 4.98 Å². The predicted molar refractivity (Wildman–Crippen MR) is 91.3 cm³/mol. The smallest absolute Gasteiger partial charge is 0.264 e. The van der Waals surface area contributed by atoms with E-state index in [9.17, 15) is 4.79 Å². The standard InChI is InChI=1S/C17H22N4O2S/c1-2-3-14-18-16(20-19-14)13-10-21(7-8-23-13)17(22)15-12(6-9-24-15)11-4-5-11/h6,9,11,13H,2-5,7-8,10H2,1H3,(H,18,19,20)/t13-/m1/s1. The molecule has 1 atom stereocenters. The number of morpholine rings is 1. The van der Waals surface area contributed by atoms with Gasteiger partial charge in [0.1, 0.15) is 11.9 Å². The second kappa shape index (κ2) is 6.64. The van der Waals surface area contributed by atoms with Crippen LogP contribution in [0.1, 0.15) is 65.1 Å². The van der Waals surface area contributed by atoms with Crippen LogP contribution in [0.4, 0.5) is 0 Å². The van der Waals surface area contributed by atoms with Gasteiger partial charge in [-0.1, -0.05) is 6.92 Å². The molecule has 2 aromatic heterocycles. The number of hydrogen-bond acceptors (Lipinski definition) is 5. The number of aryl methyl sites for hydroxylation is 1. The number of aromatic amines is 1. The van der Waals surface area contributed by atoms with Gasteiger partial charge in [-0.3, -0.25) is 9.89 Å². The van der Waals surface area contributed by atoms with E-state index in [1.807, 2.05) is 10.3 Å². The zero-order valence-electron chi connectivity index (χ0n) is 13.8. The summed E-state index contributed by atoms with van der Waals surface area (Å²) in [7, 11) is 0. The molecule has 0 aromatic carbocycles. The van der Waals surface area contributed by atoms with Crippen LogP contribution in [0.5, 0.6) is 0 Å². The molecule has 2 aliphatic rings. The van der Waals surface area contributed by atoms with E-state index in [-0.39, 0.29) is 12.0 Å². The van der Waals surface area contributed by atoms with Crippen LogP contribution < -0.4 is 0 Å². The lowest BCUT2D eigenvalue weighted by molar-refractivity contribution is -0.0265.